The molecule has 0 aromatic rings. The molecule has 0 bridgehead atoms. The van der Waals surface area contributed by atoms with E-state index in [1.54, 1.807) is 0 Å². The second-order valence-corrected chi connectivity index (χ2v) is 7.02. The SMILES string of the molecule is CCC(CC)CCCCCCCOCCOCCOCCOCCOCCO. The van der Waals surface area contributed by atoms with E-state index in [1.165, 1.54) is 44.9 Å². The molecule has 170 valence electrons. The molecule has 28 heavy (non-hydrogen) atoms. The molecule has 0 heterocycles. The van der Waals surface area contributed by atoms with Gasteiger partial charge in [-0.2, -0.15) is 0 Å². The van der Waals surface area contributed by atoms with Gasteiger partial charge in [0.15, 0.2) is 0 Å². The fraction of sp³-hybridized carbons (Fsp3) is 1.00. The van der Waals surface area contributed by atoms with Gasteiger partial charge in [0, 0.05) is 6.61 Å². The summed E-state index contributed by atoms with van der Waals surface area (Å²) in [5, 5.41) is 8.54. The van der Waals surface area contributed by atoms with Crippen molar-refractivity contribution in [3.8, 4) is 0 Å². The van der Waals surface area contributed by atoms with Crippen LogP contribution in [0.3, 0.4) is 0 Å². The molecule has 0 spiro atoms. The fourth-order valence-electron chi connectivity index (χ4n) is 2.91. The van der Waals surface area contributed by atoms with Crippen molar-refractivity contribution >= 4 is 0 Å². The van der Waals surface area contributed by atoms with Crippen molar-refractivity contribution in [3.05, 3.63) is 0 Å². The highest BCUT2D eigenvalue weighted by atomic mass is 16.6. The lowest BCUT2D eigenvalue weighted by Gasteiger charge is -2.11. The molecule has 0 aliphatic carbocycles. The van der Waals surface area contributed by atoms with Crippen molar-refractivity contribution in [1.82, 2.24) is 0 Å². The minimum absolute atomic E-state index is 0.0485. The molecule has 0 rings (SSSR count). The quantitative estimate of drug-likeness (QED) is 0.246. The number of aliphatic hydroxyl groups is 1. The normalized spacial score (nSPS) is 11.6. The standard InChI is InChI=1S/C22H46O6/c1-3-22(4-2)10-8-6-5-7-9-12-24-14-16-26-18-20-28-21-19-27-17-15-25-13-11-23/h22-23H,3-21H2,1-2H3. The minimum Gasteiger partial charge on any atom is -0.394 e. The summed E-state index contributed by atoms with van der Waals surface area (Å²) in [6.45, 7) is 10.4. The molecule has 6 heteroatoms. The van der Waals surface area contributed by atoms with Gasteiger partial charge in [0.2, 0.25) is 0 Å². The first kappa shape index (κ1) is 27.8. The Morgan fingerprint density at radius 3 is 1.36 bits per heavy atom. The highest BCUT2D eigenvalue weighted by molar-refractivity contribution is 4.55. The lowest BCUT2D eigenvalue weighted by atomic mass is 9.96. The maximum Gasteiger partial charge on any atom is 0.0701 e. The smallest absolute Gasteiger partial charge is 0.0701 e. The molecule has 0 aromatic carbocycles. The van der Waals surface area contributed by atoms with Gasteiger partial charge < -0.3 is 28.8 Å². The number of rotatable bonds is 24. The summed E-state index contributed by atoms with van der Waals surface area (Å²) in [7, 11) is 0. The van der Waals surface area contributed by atoms with E-state index >= 15 is 0 Å². The Hall–Kier alpha value is -0.240. The van der Waals surface area contributed by atoms with Crippen molar-refractivity contribution in [2.24, 2.45) is 5.92 Å². The van der Waals surface area contributed by atoms with E-state index in [4.69, 9.17) is 28.8 Å². The summed E-state index contributed by atoms with van der Waals surface area (Å²) in [6, 6.07) is 0. The second kappa shape index (κ2) is 24.8. The predicted molar refractivity (Wildman–Crippen MR) is 113 cm³/mol. The lowest BCUT2D eigenvalue weighted by Crippen LogP contribution is -2.13. The van der Waals surface area contributed by atoms with Crippen LogP contribution in [0.25, 0.3) is 0 Å². The molecule has 0 amide bonds. The fourth-order valence-corrected chi connectivity index (χ4v) is 2.91. The largest absolute Gasteiger partial charge is 0.394 e. The highest BCUT2D eigenvalue weighted by Crippen LogP contribution is 2.17. The van der Waals surface area contributed by atoms with Crippen LogP contribution in [0, 0.1) is 5.92 Å². The molecule has 0 aromatic heterocycles. The topological polar surface area (TPSA) is 66.4 Å². The Morgan fingerprint density at radius 2 is 0.893 bits per heavy atom. The molecule has 6 nitrogen and oxygen atoms in total. The molecule has 0 unspecified atom stereocenters. The Morgan fingerprint density at radius 1 is 0.500 bits per heavy atom. The first-order chi connectivity index (χ1) is 13.8. The average Bonchev–Trinajstić information content (AvgIpc) is 2.72. The Bertz CT molecular complexity index is 274. The third kappa shape index (κ3) is 22.1. The van der Waals surface area contributed by atoms with Crippen molar-refractivity contribution in [2.75, 3.05) is 72.7 Å². The van der Waals surface area contributed by atoms with Crippen LogP contribution < -0.4 is 0 Å². The minimum atomic E-state index is 0.0485. The number of hydrogen-bond donors (Lipinski definition) is 1. The van der Waals surface area contributed by atoms with Gasteiger partial charge in [-0.15, -0.1) is 0 Å². The molecule has 0 saturated carbocycles. The van der Waals surface area contributed by atoms with E-state index in [0.29, 0.717) is 59.5 Å². The maximum atomic E-state index is 8.54. The van der Waals surface area contributed by atoms with Gasteiger partial charge in [0.05, 0.1) is 66.1 Å². The van der Waals surface area contributed by atoms with Gasteiger partial charge in [0.1, 0.15) is 0 Å². The Kier molecular flexibility index (Phi) is 24.6. The van der Waals surface area contributed by atoms with Crippen LogP contribution in [0.15, 0.2) is 0 Å². The maximum absolute atomic E-state index is 8.54. The first-order valence-corrected chi connectivity index (χ1v) is 11.3. The second-order valence-electron chi connectivity index (χ2n) is 7.02. The number of aliphatic hydroxyl groups excluding tert-OH is 1. The van der Waals surface area contributed by atoms with Crippen LogP contribution in [-0.2, 0) is 23.7 Å². The Labute approximate surface area is 173 Å². The third-order valence-corrected chi connectivity index (χ3v) is 4.78. The van der Waals surface area contributed by atoms with Gasteiger partial charge in [0.25, 0.3) is 0 Å². The zero-order valence-corrected chi connectivity index (χ0v) is 18.5. The predicted octanol–water partition coefficient (Wildman–Crippen LogP) is 3.84. The zero-order valence-electron chi connectivity index (χ0n) is 18.5. The first-order valence-electron chi connectivity index (χ1n) is 11.3. The van der Waals surface area contributed by atoms with E-state index in [0.717, 1.165) is 18.9 Å². The summed E-state index contributed by atoms with van der Waals surface area (Å²) in [6.07, 6.45) is 10.6. The summed E-state index contributed by atoms with van der Waals surface area (Å²) in [5.41, 5.74) is 0. The van der Waals surface area contributed by atoms with Crippen LogP contribution in [0.5, 0.6) is 0 Å². The number of unbranched alkanes of at least 4 members (excludes halogenated alkanes) is 4. The molecule has 1 N–H and O–H groups in total. The van der Waals surface area contributed by atoms with Crippen LogP contribution in [0.1, 0.15) is 65.2 Å². The molecular weight excluding hydrogens is 360 g/mol. The lowest BCUT2D eigenvalue weighted by molar-refractivity contribution is -0.0134. The van der Waals surface area contributed by atoms with E-state index in [9.17, 15) is 0 Å². The van der Waals surface area contributed by atoms with Gasteiger partial charge in [-0.3, -0.25) is 0 Å². The molecule has 0 saturated heterocycles. The van der Waals surface area contributed by atoms with Crippen molar-refractivity contribution in [3.63, 3.8) is 0 Å². The molecule has 0 radical (unpaired) electrons. The summed E-state index contributed by atoms with van der Waals surface area (Å²) < 4.78 is 26.9. The van der Waals surface area contributed by atoms with Crippen LogP contribution >= 0.6 is 0 Å². The van der Waals surface area contributed by atoms with Crippen LogP contribution in [-0.4, -0.2) is 77.8 Å². The van der Waals surface area contributed by atoms with Gasteiger partial charge in [-0.05, 0) is 12.3 Å². The average molecular weight is 407 g/mol. The molecule has 0 aliphatic rings. The highest BCUT2D eigenvalue weighted by Gasteiger charge is 2.02. The van der Waals surface area contributed by atoms with E-state index in [1.807, 2.05) is 0 Å². The van der Waals surface area contributed by atoms with Crippen LogP contribution in [0.4, 0.5) is 0 Å². The molecule has 0 atom stereocenters. The zero-order chi connectivity index (χ0) is 20.5. The summed E-state index contributed by atoms with van der Waals surface area (Å²) in [5.74, 6) is 0.935. The van der Waals surface area contributed by atoms with Gasteiger partial charge in [-0.1, -0.05) is 58.8 Å². The van der Waals surface area contributed by atoms with Gasteiger partial charge in [-0.25, -0.2) is 0 Å². The monoisotopic (exact) mass is 406 g/mol. The Balaban J connectivity index is 3.03. The molecular formula is C22H46O6. The van der Waals surface area contributed by atoms with E-state index in [-0.39, 0.29) is 6.61 Å². The number of ether oxygens (including phenoxy) is 5. The summed E-state index contributed by atoms with van der Waals surface area (Å²) in [4.78, 5) is 0. The van der Waals surface area contributed by atoms with Crippen molar-refractivity contribution < 1.29 is 28.8 Å². The van der Waals surface area contributed by atoms with Crippen LogP contribution in [0.2, 0.25) is 0 Å². The van der Waals surface area contributed by atoms with E-state index in [2.05, 4.69) is 13.8 Å². The van der Waals surface area contributed by atoms with Gasteiger partial charge >= 0.3 is 0 Å². The molecule has 0 fully saturated rings. The van der Waals surface area contributed by atoms with Crippen molar-refractivity contribution in [2.45, 2.75) is 65.2 Å². The third-order valence-electron chi connectivity index (χ3n) is 4.78. The van der Waals surface area contributed by atoms with E-state index < -0.39 is 0 Å². The number of hydrogen-bond acceptors (Lipinski definition) is 6. The molecule has 0 aliphatic heterocycles. The van der Waals surface area contributed by atoms with Crippen molar-refractivity contribution in [1.29, 1.82) is 0 Å². The summed E-state index contributed by atoms with van der Waals surface area (Å²) >= 11 is 0.